The molecule has 2 N–H and O–H groups in total. The van der Waals surface area contributed by atoms with Crippen LogP contribution in [-0.2, 0) is 6.42 Å². The molecule has 1 atom stereocenters. The van der Waals surface area contributed by atoms with Crippen molar-refractivity contribution in [3.05, 3.63) is 39.9 Å². The van der Waals surface area contributed by atoms with E-state index in [0.717, 1.165) is 11.4 Å². The van der Waals surface area contributed by atoms with Crippen LogP contribution in [0.4, 0.5) is 0 Å². The third kappa shape index (κ3) is 1.62. The molecule has 0 saturated heterocycles. The summed E-state index contributed by atoms with van der Waals surface area (Å²) < 4.78 is 0. The number of nitrogens with two attached hydrogens (primary N) is 1. The van der Waals surface area contributed by atoms with Crippen molar-refractivity contribution in [3.8, 4) is 0 Å². The number of benzene rings is 1. The van der Waals surface area contributed by atoms with Gasteiger partial charge in [0.15, 0.2) is 0 Å². The van der Waals surface area contributed by atoms with Gasteiger partial charge in [0.1, 0.15) is 0 Å². The van der Waals surface area contributed by atoms with Gasteiger partial charge in [-0.1, -0.05) is 23.7 Å². The molecule has 0 aromatic heterocycles. The van der Waals surface area contributed by atoms with Gasteiger partial charge in [-0.15, -0.1) is 0 Å². The number of rotatable bonds is 1. The Morgan fingerprint density at radius 1 is 1.46 bits per heavy atom. The molecular formula is C11H12ClN. The fourth-order valence-corrected chi connectivity index (χ4v) is 1.83. The Hall–Kier alpha value is -0.790. The molecule has 0 fully saturated rings. The smallest absolute Gasteiger partial charge is 0.0409 e. The average Bonchev–Trinajstić information content (AvgIpc) is 2.46. The second kappa shape index (κ2) is 3.17. The summed E-state index contributed by atoms with van der Waals surface area (Å²) in [6.45, 7) is 2.01. The standard InChI is InChI=1S/C11H12ClN/c1-7(13)9-4-8-2-3-11(12)6-10(8)5-9/h2-4,6-7H,5,13H2,1H3. The van der Waals surface area contributed by atoms with Crippen molar-refractivity contribution in [3.63, 3.8) is 0 Å². The van der Waals surface area contributed by atoms with Crippen LogP contribution in [0.1, 0.15) is 18.1 Å². The molecule has 0 amide bonds. The lowest BCUT2D eigenvalue weighted by Crippen LogP contribution is -2.17. The van der Waals surface area contributed by atoms with Crippen molar-refractivity contribution in [2.75, 3.05) is 0 Å². The molecule has 0 bridgehead atoms. The first-order valence-corrected chi connectivity index (χ1v) is 4.79. The molecule has 2 rings (SSSR count). The summed E-state index contributed by atoms with van der Waals surface area (Å²) in [6, 6.07) is 6.13. The lowest BCUT2D eigenvalue weighted by atomic mass is 10.1. The van der Waals surface area contributed by atoms with E-state index in [1.165, 1.54) is 16.7 Å². The highest BCUT2D eigenvalue weighted by Gasteiger charge is 2.14. The van der Waals surface area contributed by atoms with Gasteiger partial charge < -0.3 is 5.73 Å². The quantitative estimate of drug-likeness (QED) is 0.729. The van der Waals surface area contributed by atoms with Gasteiger partial charge >= 0.3 is 0 Å². The molecular weight excluding hydrogens is 182 g/mol. The van der Waals surface area contributed by atoms with Crippen LogP contribution in [0.15, 0.2) is 23.8 Å². The Balaban J connectivity index is 2.36. The normalized spacial score (nSPS) is 16.7. The minimum Gasteiger partial charge on any atom is -0.324 e. The van der Waals surface area contributed by atoms with Crippen LogP contribution in [0.25, 0.3) is 6.08 Å². The van der Waals surface area contributed by atoms with Crippen molar-refractivity contribution >= 4 is 17.7 Å². The van der Waals surface area contributed by atoms with E-state index in [0.29, 0.717) is 0 Å². The maximum absolute atomic E-state index is 5.90. The molecule has 13 heavy (non-hydrogen) atoms. The fourth-order valence-electron chi connectivity index (χ4n) is 1.63. The predicted octanol–water partition coefficient (Wildman–Crippen LogP) is 2.63. The van der Waals surface area contributed by atoms with Crippen LogP contribution in [0, 0.1) is 0 Å². The molecule has 68 valence electrons. The Labute approximate surface area is 83.2 Å². The largest absolute Gasteiger partial charge is 0.324 e. The zero-order valence-electron chi connectivity index (χ0n) is 7.55. The molecule has 1 unspecified atom stereocenters. The van der Waals surface area contributed by atoms with Crippen LogP contribution in [0.5, 0.6) is 0 Å². The topological polar surface area (TPSA) is 26.0 Å². The Morgan fingerprint density at radius 2 is 2.23 bits per heavy atom. The van der Waals surface area contributed by atoms with E-state index < -0.39 is 0 Å². The van der Waals surface area contributed by atoms with Crippen LogP contribution in [0.2, 0.25) is 5.02 Å². The molecule has 1 aliphatic carbocycles. The van der Waals surface area contributed by atoms with E-state index in [9.17, 15) is 0 Å². The molecule has 0 radical (unpaired) electrons. The summed E-state index contributed by atoms with van der Waals surface area (Å²) in [6.07, 6.45) is 3.11. The maximum Gasteiger partial charge on any atom is 0.0409 e. The Morgan fingerprint density at radius 3 is 2.92 bits per heavy atom. The van der Waals surface area contributed by atoms with Crippen LogP contribution in [-0.4, -0.2) is 6.04 Å². The SMILES string of the molecule is CC(N)C1=Cc2ccc(Cl)cc2C1. The second-order valence-electron chi connectivity index (χ2n) is 3.53. The molecule has 1 aromatic carbocycles. The highest BCUT2D eigenvalue weighted by Crippen LogP contribution is 2.28. The first kappa shape index (κ1) is 8.79. The monoisotopic (exact) mass is 193 g/mol. The van der Waals surface area contributed by atoms with Crippen LogP contribution < -0.4 is 5.73 Å². The predicted molar refractivity (Wildman–Crippen MR) is 56.8 cm³/mol. The zero-order valence-corrected chi connectivity index (χ0v) is 8.31. The van der Waals surface area contributed by atoms with Gasteiger partial charge in [-0.2, -0.15) is 0 Å². The minimum atomic E-state index is 0.145. The summed E-state index contributed by atoms with van der Waals surface area (Å²) in [5.41, 5.74) is 9.66. The Kier molecular flexibility index (Phi) is 2.14. The van der Waals surface area contributed by atoms with E-state index in [2.05, 4.69) is 6.08 Å². The van der Waals surface area contributed by atoms with Gasteiger partial charge in [0, 0.05) is 11.1 Å². The average molecular weight is 194 g/mol. The zero-order chi connectivity index (χ0) is 9.42. The molecule has 0 aliphatic heterocycles. The highest BCUT2D eigenvalue weighted by molar-refractivity contribution is 6.30. The lowest BCUT2D eigenvalue weighted by molar-refractivity contribution is 0.841. The van der Waals surface area contributed by atoms with Crippen molar-refractivity contribution < 1.29 is 0 Å². The summed E-state index contributed by atoms with van der Waals surface area (Å²) in [5, 5.41) is 0.804. The van der Waals surface area contributed by atoms with Crippen molar-refractivity contribution in [2.24, 2.45) is 5.73 Å². The molecule has 0 saturated carbocycles. The van der Waals surface area contributed by atoms with Crippen LogP contribution in [0.3, 0.4) is 0 Å². The summed E-state index contributed by atoms with van der Waals surface area (Å²) in [5.74, 6) is 0. The van der Waals surface area contributed by atoms with E-state index in [1.54, 1.807) is 0 Å². The second-order valence-corrected chi connectivity index (χ2v) is 3.96. The van der Waals surface area contributed by atoms with E-state index in [-0.39, 0.29) is 6.04 Å². The third-order valence-electron chi connectivity index (χ3n) is 2.43. The van der Waals surface area contributed by atoms with Gasteiger partial charge in [0.05, 0.1) is 0 Å². The van der Waals surface area contributed by atoms with Crippen molar-refractivity contribution in [1.29, 1.82) is 0 Å². The van der Waals surface area contributed by atoms with Crippen molar-refractivity contribution in [1.82, 2.24) is 0 Å². The summed E-state index contributed by atoms with van der Waals surface area (Å²) >= 11 is 5.90. The summed E-state index contributed by atoms with van der Waals surface area (Å²) in [4.78, 5) is 0. The minimum absolute atomic E-state index is 0.145. The lowest BCUT2D eigenvalue weighted by Gasteiger charge is -2.04. The van der Waals surface area contributed by atoms with Gasteiger partial charge in [-0.3, -0.25) is 0 Å². The number of fused-ring (bicyclic) bond motifs is 1. The van der Waals surface area contributed by atoms with E-state index in [1.807, 2.05) is 25.1 Å². The maximum atomic E-state index is 5.90. The molecule has 1 aliphatic rings. The first-order chi connectivity index (χ1) is 6.16. The first-order valence-electron chi connectivity index (χ1n) is 4.41. The fraction of sp³-hybridized carbons (Fsp3) is 0.273. The van der Waals surface area contributed by atoms with E-state index >= 15 is 0 Å². The van der Waals surface area contributed by atoms with Gasteiger partial charge in [-0.25, -0.2) is 0 Å². The molecule has 1 nitrogen and oxygen atoms in total. The summed E-state index contributed by atoms with van der Waals surface area (Å²) in [7, 11) is 0. The molecule has 0 heterocycles. The van der Waals surface area contributed by atoms with Crippen molar-refractivity contribution in [2.45, 2.75) is 19.4 Å². The molecule has 0 spiro atoms. The van der Waals surface area contributed by atoms with E-state index in [4.69, 9.17) is 17.3 Å². The van der Waals surface area contributed by atoms with Gasteiger partial charge in [0.25, 0.3) is 0 Å². The number of hydrogen-bond acceptors (Lipinski definition) is 1. The third-order valence-corrected chi connectivity index (χ3v) is 2.66. The van der Waals surface area contributed by atoms with Gasteiger partial charge in [-0.05, 0) is 42.2 Å². The number of hydrogen-bond donors (Lipinski definition) is 1. The molecule has 2 heteroatoms. The van der Waals surface area contributed by atoms with Crippen LogP contribution >= 0.6 is 11.6 Å². The molecule has 1 aromatic rings. The number of halogens is 1. The highest BCUT2D eigenvalue weighted by atomic mass is 35.5. The van der Waals surface area contributed by atoms with Gasteiger partial charge in [0.2, 0.25) is 0 Å². The Bertz CT molecular complexity index is 366.